The maximum Gasteiger partial charge on any atom is 0.343 e. The Morgan fingerprint density at radius 2 is 0.900 bits per heavy atom. The van der Waals surface area contributed by atoms with Crippen LogP contribution in [0.1, 0.15) is 31.8 Å². The zero-order valence-electron chi connectivity index (χ0n) is 16.3. The summed E-state index contributed by atoms with van der Waals surface area (Å²) in [5, 5.41) is 17.9. The van der Waals surface area contributed by atoms with E-state index in [-0.39, 0.29) is 13.2 Å². The van der Waals surface area contributed by atoms with E-state index in [2.05, 4.69) is 0 Å². The van der Waals surface area contributed by atoms with Crippen molar-refractivity contribution >= 4 is 11.9 Å². The van der Waals surface area contributed by atoms with Gasteiger partial charge >= 0.3 is 11.9 Å². The van der Waals surface area contributed by atoms with Gasteiger partial charge in [-0.05, 0) is 72.5 Å². The second-order valence-corrected chi connectivity index (χ2v) is 6.59. The standard InChI is InChI=1S/C24H22O6/c25-15-13-17-1-9-21(10-2-17)29-23(27)19-5-7-20(8-6-19)24(28)30-22-11-3-18(4-12-22)14-16-26/h1-12,25-26H,13-16H2. The van der Waals surface area contributed by atoms with E-state index in [1.165, 1.54) is 24.3 Å². The lowest BCUT2D eigenvalue weighted by atomic mass is 10.1. The van der Waals surface area contributed by atoms with Crippen LogP contribution in [0.3, 0.4) is 0 Å². The topological polar surface area (TPSA) is 93.1 Å². The van der Waals surface area contributed by atoms with Crippen LogP contribution in [-0.2, 0) is 12.8 Å². The highest BCUT2D eigenvalue weighted by Crippen LogP contribution is 2.17. The van der Waals surface area contributed by atoms with Crippen molar-refractivity contribution in [3.63, 3.8) is 0 Å². The molecule has 3 aromatic rings. The van der Waals surface area contributed by atoms with Gasteiger partial charge in [-0.3, -0.25) is 0 Å². The predicted octanol–water partition coefficient (Wildman–Crippen LogP) is 3.19. The maximum absolute atomic E-state index is 12.3. The number of hydrogen-bond acceptors (Lipinski definition) is 6. The summed E-state index contributed by atoms with van der Waals surface area (Å²) in [5.41, 5.74) is 2.50. The van der Waals surface area contributed by atoms with Crippen molar-refractivity contribution in [1.82, 2.24) is 0 Å². The van der Waals surface area contributed by atoms with E-state index in [4.69, 9.17) is 19.7 Å². The molecule has 0 fully saturated rings. The van der Waals surface area contributed by atoms with Crippen LogP contribution in [0.2, 0.25) is 0 Å². The Morgan fingerprint density at radius 1 is 0.567 bits per heavy atom. The van der Waals surface area contributed by atoms with Gasteiger partial charge < -0.3 is 19.7 Å². The largest absolute Gasteiger partial charge is 0.423 e. The lowest BCUT2D eigenvalue weighted by Crippen LogP contribution is -2.11. The number of esters is 2. The van der Waals surface area contributed by atoms with Crippen molar-refractivity contribution in [1.29, 1.82) is 0 Å². The SMILES string of the molecule is O=C(Oc1ccc(CCO)cc1)c1ccc(C(=O)Oc2ccc(CCO)cc2)cc1. The maximum atomic E-state index is 12.3. The number of rotatable bonds is 8. The normalized spacial score (nSPS) is 10.5. The van der Waals surface area contributed by atoms with Crippen LogP contribution in [0.25, 0.3) is 0 Å². The van der Waals surface area contributed by atoms with Gasteiger partial charge in [-0.15, -0.1) is 0 Å². The summed E-state index contributed by atoms with van der Waals surface area (Å²) in [4.78, 5) is 24.6. The van der Waals surface area contributed by atoms with Crippen LogP contribution in [-0.4, -0.2) is 35.4 Å². The number of carbonyl (C=O) groups is 2. The van der Waals surface area contributed by atoms with Gasteiger partial charge in [0.2, 0.25) is 0 Å². The third-order valence-corrected chi connectivity index (χ3v) is 4.43. The van der Waals surface area contributed by atoms with Gasteiger partial charge in [0.1, 0.15) is 11.5 Å². The van der Waals surface area contributed by atoms with E-state index in [0.717, 1.165) is 11.1 Å². The monoisotopic (exact) mass is 406 g/mol. The molecule has 0 saturated carbocycles. The summed E-state index contributed by atoms with van der Waals surface area (Å²) in [6.45, 7) is 0.117. The molecule has 30 heavy (non-hydrogen) atoms. The van der Waals surface area contributed by atoms with Gasteiger partial charge in [0.05, 0.1) is 11.1 Å². The molecule has 6 nitrogen and oxygen atoms in total. The second-order valence-electron chi connectivity index (χ2n) is 6.59. The molecule has 0 aromatic heterocycles. The molecule has 2 N–H and O–H groups in total. The first-order chi connectivity index (χ1) is 14.6. The first kappa shape index (κ1) is 21.2. The van der Waals surface area contributed by atoms with E-state index in [0.29, 0.717) is 35.5 Å². The molecule has 0 amide bonds. The number of aliphatic hydroxyl groups excluding tert-OH is 2. The molecule has 154 valence electrons. The molecule has 0 saturated heterocycles. The minimum Gasteiger partial charge on any atom is -0.423 e. The van der Waals surface area contributed by atoms with Crippen LogP contribution < -0.4 is 9.47 Å². The first-order valence-corrected chi connectivity index (χ1v) is 9.53. The summed E-state index contributed by atoms with van der Waals surface area (Å²) < 4.78 is 10.7. The molecule has 3 rings (SSSR count). The van der Waals surface area contributed by atoms with Crippen LogP contribution >= 0.6 is 0 Å². The zero-order chi connectivity index (χ0) is 21.3. The Hall–Kier alpha value is -3.48. The molecule has 0 bridgehead atoms. The molecule has 0 heterocycles. The fourth-order valence-corrected chi connectivity index (χ4v) is 2.78. The molecule has 0 aliphatic heterocycles. The van der Waals surface area contributed by atoms with Gasteiger partial charge in [-0.1, -0.05) is 24.3 Å². The highest BCUT2D eigenvalue weighted by molar-refractivity contribution is 5.94. The highest BCUT2D eigenvalue weighted by Gasteiger charge is 2.12. The molecule has 6 heteroatoms. The lowest BCUT2D eigenvalue weighted by molar-refractivity contribution is 0.0720. The summed E-state index contributed by atoms with van der Waals surface area (Å²) in [5.74, 6) is -0.279. The molecular formula is C24H22O6. The molecule has 0 unspecified atom stereocenters. The smallest absolute Gasteiger partial charge is 0.343 e. The lowest BCUT2D eigenvalue weighted by Gasteiger charge is -2.07. The van der Waals surface area contributed by atoms with Crippen molar-refractivity contribution in [3.05, 3.63) is 95.1 Å². The second kappa shape index (κ2) is 10.3. The number of aliphatic hydroxyl groups is 2. The summed E-state index contributed by atoms with van der Waals surface area (Å²) in [6, 6.07) is 19.8. The minimum absolute atomic E-state index is 0.0585. The third-order valence-electron chi connectivity index (χ3n) is 4.43. The summed E-state index contributed by atoms with van der Waals surface area (Å²) in [6.07, 6.45) is 1.08. The third kappa shape index (κ3) is 5.76. The van der Waals surface area contributed by atoms with Gasteiger partial charge in [-0.25, -0.2) is 9.59 Å². The molecular weight excluding hydrogens is 384 g/mol. The number of carbonyl (C=O) groups excluding carboxylic acids is 2. The Kier molecular flexibility index (Phi) is 7.32. The molecule has 0 radical (unpaired) electrons. The first-order valence-electron chi connectivity index (χ1n) is 9.53. The highest BCUT2D eigenvalue weighted by atomic mass is 16.5. The van der Waals surface area contributed by atoms with E-state index < -0.39 is 11.9 Å². The fraction of sp³-hybridized carbons (Fsp3) is 0.167. The van der Waals surface area contributed by atoms with Crippen LogP contribution in [0.4, 0.5) is 0 Å². The number of hydrogen-bond donors (Lipinski definition) is 2. The number of ether oxygens (including phenoxy) is 2. The predicted molar refractivity (Wildman–Crippen MR) is 111 cm³/mol. The number of benzene rings is 3. The molecule has 0 spiro atoms. The van der Waals surface area contributed by atoms with E-state index >= 15 is 0 Å². The summed E-state index contributed by atoms with van der Waals surface area (Å²) in [7, 11) is 0. The van der Waals surface area contributed by atoms with Crippen molar-refractivity contribution in [2.45, 2.75) is 12.8 Å². The summed E-state index contributed by atoms with van der Waals surface area (Å²) >= 11 is 0. The molecule has 0 atom stereocenters. The molecule has 3 aromatic carbocycles. The molecule has 0 aliphatic rings. The Morgan fingerprint density at radius 3 is 1.20 bits per heavy atom. The van der Waals surface area contributed by atoms with E-state index in [1.54, 1.807) is 48.5 Å². The van der Waals surface area contributed by atoms with E-state index in [1.807, 2.05) is 0 Å². The van der Waals surface area contributed by atoms with Gasteiger partial charge in [-0.2, -0.15) is 0 Å². The van der Waals surface area contributed by atoms with Crippen molar-refractivity contribution in [2.24, 2.45) is 0 Å². The fourth-order valence-electron chi connectivity index (χ4n) is 2.78. The Bertz CT molecular complexity index is 893. The van der Waals surface area contributed by atoms with Crippen LogP contribution in [0.5, 0.6) is 11.5 Å². The van der Waals surface area contributed by atoms with Gasteiger partial charge in [0.25, 0.3) is 0 Å². The van der Waals surface area contributed by atoms with Crippen LogP contribution in [0, 0.1) is 0 Å². The minimum atomic E-state index is -0.538. The van der Waals surface area contributed by atoms with Crippen molar-refractivity contribution in [2.75, 3.05) is 13.2 Å². The van der Waals surface area contributed by atoms with E-state index in [9.17, 15) is 9.59 Å². The quantitative estimate of drug-likeness (QED) is 0.441. The Labute approximate surface area is 174 Å². The average molecular weight is 406 g/mol. The molecule has 0 aliphatic carbocycles. The average Bonchev–Trinajstić information content (AvgIpc) is 2.77. The van der Waals surface area contributed by atoms with Gasteiger partial charge in [0, 0.05) is 13.2 Å². The van der Waals surface area contributed by atoms with Crippen LogP contribution in [0.15, 0.2) is 72.8 Å². The van der Waals surface area contributed by atoms with Crippen molar-refractivity contribution < 1.29 is 29.3 Å². The Balaban J connectivity index is 1.59. The van der Waals surface area contributed by atoms with Crippen molar-refractivity contribution in [3.8, 4) is 11.5 Å². The zero-order valence-corrected chi connectivity index (χ0v) is 16.3. The van der Waals surface area contributed by atoms with Gasteiger partial charge in [0.15, 0.2) is 0 Å².